The van der Waals surface area contributed by atoms with Gasteiger partial charge in [0, 0.05) is 43.0 Å². The van der Waals surface area contributed by atoms with Crippen LogP contribution in [0.3, 0.4) is 0 Å². The van der Waals surface area contributed by atoms with Gasteiger partial charge in [0.25, 0.3) is 5.91 Å². The van der Waals surface area contributed by atoms with Gasteiger partial charge in [0.1, 0.15) is 0 Å². The zero-order valence-electron chi connectivity index (χ0n) is 15.0. The fourth-order valence-electron chi connectivity index (χ4n) is 3.83. The molecule has 0 unspecified atom stereocenters. The van der Waals surface area contributed by atoms with E-state index in [1.165, 1.54) is 0 Å². The van der Waals surface area contributed by atoms with Gasteiger partial charge in [0.15, 0.2) is 5.78 Å². The minimum atomic E-state index is -0.115. The largest absolute Gasteiger partial charge is 0.361 e. The van der Waals surface area contributed by atoms with Crippen molar-refractivity contribution in [1.82, 2.24) is 14.9 Å². The average Bonchev–Trinajstić information content (AvgIpc) is 2.98. The Morgan fingerprint density at radius 1 is 1.23 bits per heavy atom. The summed E-state index contributed by atoms with van der Waals surface area (Å²) >= 11 is 0. The van der Waals surface area contributed by atoms with Gasteiger partial charge in [-0.15, -0.1) is 0 Å². The predicted octanol–water partition coefficient (Wildman–Crippen LogP) is 3.66. The standard InChI is InChI=1S/C21H21N3O2/c1-13-19(20-17(23-13)9-4-10-18(20)25)21(26)24(2)12-14-6-3-8-16-15(14)7-5-11-22-16/h3,5-8,11,23H,4,9-10,12H2,1-2H3. The lowest BCUT2D eigenvalue weighted by molar-refractivity contribution is 0.0778. The van der Waals surface area contributed by atoms with Crippen LogP contribution in [0.15, 0.2) is 36.5 Å². The smallest absolute Gasteiger partial charge is 0.256 e. The first kappa shape index (κ1) is 16.5. The van der Waals surface area contributed by atoms with Crippen molar-refractivity contribution >= 4 is 22.6 Å². The number of nitrogens with zero attached hydrogens (tertiary/aromatic N) is 2. The molecule has 0 saturated heterocycles. The van der Waals surface area contributed by atoms with Gasteiger partial charge in [-0.2, -0.15) is 0 Å². The van der Waals surface area contributed by atoms with Crippen molar-refractivity contribution in [3.8, 4) is 0 Å². The lowest BCUT2D eigenvalue weighted by Gasteiger charge is -2.20. The summed E-state index contributed by atoms with van der Waals surface area (Å²) in [5.41, 5.74) is 4.78. The Hall–Kier alpha value is -2.95. The molecule has 1 amide bonds. The molecule has 0 spiro atoms. The van der Waals surface area contributed by atoms with E-state index in [4.69, 9.17) is 0 Å². The molecule has 132 valence electrons. The van der Waals surface area contributed by atoms with Crippen molar-refractivity contribution in [3.63, 3.8) is 0 Å². The molecule has 2 aromatic heterocycles. The summed E-state index contributed by atoms with van der Waals surface area (Å²) in [6.45, 7) is 2.34. The van der Waals surface area contributed by atoms with Crippen LogP contribution in [0.4, 0.5) is 0 Å². The monoisotopic (exact) mass is 347 g/mol. The highest BCUT2D eigenvalue weighted by Gasteiger charge is 2.29. The lowest BCUT2D eigenvalue weighted by atomic mass is 9.92. The number of aromatic amines is 1. The Bertz CT molecular complexity index is 1010. The van der Waals surface area contributed by atoms with Gasteiger partial charge in [-0.3, -0.25) is 14.6 Å². The van der Waals surface area contributed by atoms with Crippen LogP contribution in [-0.4, -0.2) is 33.6 Å². The van der Waals surface area contributed by atoms with Gasteiger partial charge in [0.2, 0.25) is 0 Å². The number of Topliss-reactive ketones (excluding diaryl/α,β-unsaturated/α-hetero) is 1. The Labute approximate surface area is 152 Å². The molecule has 5 nitrogen and oxygen atoms in total. The number of aryl methyl sites for hydroxylation is 2. The van der Waals surface area contributed by atoms with Crippen LogP contribution in [0, 0.1) is 6.92 Å². The SMILES string of the molecule is Cc1[nH]c2c(c1C(=O)N(C)Cc1cccc3ncccc13)C(=O)CCC2. The molecule has 1 N–H and O–H groups in total. The number of rotatable bonds is 3. The van der Waals surface area contributed by atoms with Crippen molar-refractivity contribution in [2.24, 2.45) is 0 Å². The van der Waals surface area contributed by atoms with Gasteiger partial charge in [-0.05, 0) is 37.5 Å². The highest BCUT2D eigenvalue weighted by Crippen LogP contribution is 2.28. The van der Waals surface area contributed by atoms with Crippen molar-refractivity contribution in [2.45, 2.75) is 32.7 Å². The van der Waals surface area contributed by atoms with Crippen LogP contribution >= 0.6 is 0 Å². The van der Waals surface area contributed by atoms with Gasteiger partial charge >= 0.3 is 0 Å². The molecule has 26 heavy (non-hydrogen) atoms. The topological polar surface area (TPSA) is 66.1 Å². The molecule has 2 heterocycles. The van der Waals surface area contributed by atoms with Crippen molar-refractivity contribution in [1.29, 1.82) is 0 Å². The number of ketones is 1. The minimum Gasteiger partial charge on any atom is -0.361 e. The Balaban J connectivity index is 1.67. The third kappa shape index (κ3) is 2.69. The van der Waals surface area contributed by atoms with Crippen LogP contribution in [0.1, 0.15) is 50.5 Å². The molecule has 3 aromatic rings. The molecule has 5 heteroatoms. The number of aromatic nitrogens is 2. The molecule has 1 aromatic carbocycles. The second-order valence-electron chi connectivity index (χ2n) is 6.90. The van der Waals surface area contributed by atoms with Gasteiger partial charge in [-0.25, -0.2) is 0 Å². The van der Waals surface area contributed by atoms with E-state index in [0.717, 1.165) is 40.7 Å². The predicted molar refractivity (Wildman–Crippen MR) is 100 cm³/mol. The number of nitrogens with one attached hydrogen (secondary N) is 1. The van der Waals surface area contributed by atoms with E-state index in [-0.39, 0.29) is 11.7 Å². The first-order chi connectivity index (χ1) is 12.6. The van der Waals surface area contributed by atoms with Crippen LogP contribution in [0.25, 0.3) is 10.9 Å². The molecule has 0 fully saturated rings. The molecule has 0 bridgehead atoms. The summed E-state index contributed by atoms with van der Waals surface area (Å²) in [5, 5.41) is 1.04. The van der Waals surface area contributed by atoms with Gasteiger partial charge < -0.3 is 9.88 Å². The number of benzene rings is 1. The van der Waals surface area contributed by atoms with Crippen LogP contribution in [0.5, 0.6) is 0 Å². The summed E-state index contributed by atoms with van der Waals surface area (Å²) in [6.07, 6.45) is 3.96. The van der Waals surface area contributed by atoms with Crippen LogP contribution < -0.4 is 0 Å². The number of fused-ring (bicyclic) bond motifs is 2. The third-order valence-corrected chi connectivity index (χ3v) is 5.08. The number of amides is 1. The summed E-state index contributed by atoms with van der Waals surface area (Å²) in [7, 11) is 1.78. The maximum atomic E-state index is 13.1. The Morgan fingerprint density at radius 2 is 2.08 bits per heavy atom. The summed E-state index contributed by atoms with van der Waals surface area (Å²) in [4.78, 5) is 34.8. The molecule has 1 aliphatic rings. The Kier molecular flexibility index (Phi) is 4.07. The summed E-state index contributed by atoms with van der Waals surface area (Å²) in [6, 6.07) is 9.85. The Morgan fingerprint density at radius 3 is 2.92 bits per heavy atom. The zero-order valence-corrected chi connectivity index (χ0v) is 15.0. The number of carbonyl (C=O) groups excluding carboxylic acids is 2. The average molecular weight is 347 g/mol. The van der Waals surface area contributed by atoms with Crippen molar-refractivity contribution < 1.29 is 9.59 Å². The number of pyridine rings is 1. The third-order valence-electron chi connectivity index (χ3n) is 5.08. The zero-order chi connectivity index (χ0) is 18.3. The van der Waals surface area contributed by atoms with E-state index in [9.17, 15) is 9.59 Å². The first-order valence-corrected chi connectivity index (χ1v) is 8.89. The first-order valence-electron chi connectivity index (χ1n) is 8.89. The van der Waals surface area contributed by atoms with E-state index >= 15 is 0 Å². The number of hydrogen-bond donors (Lipinski definition) is 1. The second-order valence-corrected chi connectivity index (χ2v) is 6.90. The summed E-state index contributed by atoms with van der Waals surface area (Å²) in [5.74, 6) is -0.0437. The fraction of sp³-hybridized carbons (Fsp3) is 0.286. The minimum absolute atomic E-state index is 0.0710. The van der Waals surface area contributed by atoms with Gasteiger partial charge in [-0.1, -0.05) is 18.2 Å². The maximum absolute atomic E-state index is 13.1. The molecule has 0 atom stereocenters. The number of hydrogen-bond acceptors (Lipinski definition) is 3. The van der Waals surface area contributed by atoms with E-state index in [2.05, 4.69) is 9.97 Å². The maximum Gasteiger partial charge on any atom is 0.256 e. The second kappa shape index (κ2) is 6.41. The molecular weight excluding hydrogens is 326 g/mol. The van der Waals surface area contributed by atoms with Crippen LogP contribution in [-0.2, 0) is 13.0 Å². The molecule has 0 saturated carbocycles. The van der Waals surface area contributed by atoms with E-state index in [1.54, 1.807) is 18.1 Å². The van der Waals surface area contributed by atoms with Gasteiger partial charge in [0.05, 0.1) is 16.6 Å². The molecule has 1 aliphatic carbocycles. The highest BCUT2D eigenvalue weighted by molar-refractivity contribution is 6.10. The quantitative estimate of drug-likeness (QED) is 0.786. The van der Waals surface area contributed by atoms with Crippen molar-refractivity contribution in [2.75, 3.05) is 7.05 Å². The molecule has 4 rings (SSSR count). The normalized spacial score (nSPS) is 13.7. The van der Waals surface area contributed by atoms with Crippen molar-refractivity contribution in [3.05, 3.63) is 64.6 Å². The molecule has 0 radical (unpaired) electrons. The number of H-pyrrole nitrogens is 1. The van der Waals surface area contributed by atoms with E-state index in [1.807, 2.05) is 37.3 Å². The van der Waals surface area contributed by atoms with E-state index in [0.29, 0.717) is 24.1 Å². The molecule has 0 aliphatic heterocycles. The highest BCUT2D eigenvalue weighted by atomic mass is 16.2. The molecular formula is C21H21N3O2. The summed E-state index contributed by atoms with van der Waals surface area (Å²) < 4.78 is 0. The van der Waals surface area contributed by atoms with Crippen LogP contribution in [0.2, 0.25) is 0 Å². The lowest BCUT2D eigenvalue weighted by Crippen LogP contribution is -2.28. The van der Waals surface area contributed by atoms with E-state index < -0.39 is 0 Å². The number of carbonyl (C=O) groups is 2. The fourth-order valence-corrected chi connectivity index (χ4v) is 3.83.